The standard InChI is InChI=1S/C11H12Cl2/c1-2-11(5-6-11)9-4-3-8(12)7-10(9)13/h3-4,7H,2,5-6H2,1H3. The molecular formula is C11H12Cl2. The van der Waals surface area contributed by atoms with Gasteiger partial charge in [-0.05, 0) is 42.4 Å². The van der Waals surface area contributed by atoms with E-state index in [0.717, 1.165) is 10.0 Å². The lowest BCUT2D eigenvalue weighted by Crippen LogP contribution is -2.04. The van der Waals surface area contributed by atoms with Crippen LogP contribution in [0.3, 0.4) is 0 Å². The van der Waals surface area contributed by atoms with E-state index in [0.29, 0.717) is 5.41 Å². The van der Waals surface area contributed by atoms with Crippen LogP contribution in [0.1, 0.15) is 31.7 Å². The lowest BCUT2D eigenvalue weighted by Gasteiger charge is -2.14. The number of benzene rings is 1. The molecule has 0 aromatic heterocycles. The quantitative estimate of drug-likeness (QED) is 0.684. The van der Waals surface area contributed by atoms with Crippen LogP contribution in [0.15, 0.2) is 18.2 Å². The maximum atomic E-state index is 6.15. The average Bonchev–Trinajstić information content (AvgIpc) is 2.85. The molecule has 1 fully saturated rings. The summed E-state index contributed by atoms with van der Waals surface area (Å²) in [4.78, 5) is 0. The first kappa shape index (κ1) is 9.36. The summed E-state index contributed by atoms with van der Waals surface area (Å²) in [5, 5.41) is 1.55. The zero-order chi connectivity index (χ0) is 9.47. The minimum Gasteiger partial charge on any atom is -0.0843 e. The summed E-state index contributed by atoms with van der Waals surface area (Å²) >= 11 is 12.0. The van der Waals surface area contributed by atoms with Gasteiger partial charge in [-0.3, -0.25) is 0 Å². The molecule has 0 aliphatic heterocycles. The predicted molar refractivity (Wildman–Crippen MR) is 57.7 cm³/mol. The SMILES string of the molecule is CCC1(c2ccc(Cl)cc2Cl)CC1. The molecule has 70 valence electrons. The van der Waals surface area contributed by atoms with Crippen molar-refractivity contribution in [2.45, 2.75) is 31.6 Å². The van der Waals surface area contributed by atoms with Crippen molar-refractivity contribution in [3.63, 3.8) is 0 Å². The molecule has 0 spiro atoms. The van der Waals surface area contributed by atoms with E-state index in [-0.39, 0.29) is 0 Å². The van der Waals surface area contributed by atoms with Crippen molar-refractivity contribution in [3.8, 4) is 0 Å². The molecule has 2 rings (SSSR count). The van der Waals surface area contributed by atoms with E-state index in [1.54, 1.807) is 0 Å². The van der Waals surface area contributed by atoms with Gasteiger partial charge in [-0.2, -0.15) is 0 Å². The molecule has 1 aliphatic rings. The van der Waals surface area contributed by atoms with Gasteiger partial charge in [0.25, 0.3) is 0 Å². The van der Waals surface area contributed by atoms with Crippen molar-refractivity contribution in [1.82, 2.24) is 0 Å². The molecule has 0 atom stereocenters. The summed E-state index contributed by atoms with van der Waals surface area (Å²) in [6.45, 7) is 2.22. The second-order valence-corrected chi connectivity index (χ2v) is 4.60. The molecule has 0 heterocycles. The van der Waals surface area contributed by atoms with Crippen LogP contribution in [0.5, 0.6) is 0 Å². The van der Waals surface area contributed by atoms with Gasteiger partial charge in [0.05, 0.1) is 0 Å². The van der Waals surface area contributed by atoms with Gasteiger partial charge in [-0.15, -0.1) is 0 Å². The molecule has 2 heteroatoms. The number of hydrogen-bond acceptors (Lipinski definition) is 0. The van der Waals surface area contributed by atoms with Gasteiger partial charge in [0.2, 0.25) is 0 Å². The Bertz CT molecular complexity index is 327. The number of rotatable bonds is 2. The molecule has 1 aliphatic carbocycles. The van der Waals surface area contributed by atoms with Gasteiger partial charge < -0.3 is 0 Å². The second kappa shape index (κ2) is 3.18. The fourth-order valence-electron chi connectivity index (χ4n) is 1.88. The summed E-state index contributed by atoms with van der Waals surface area (Å²) in [6.07, 6.45) is 3.71. The molecular weight excluding hydrogens is 203 g/mol. The Balaban J connectivity index is 2.41. The largest absolute Gasteiger partial charge is 0.0843 e. The molecule has 0 nitrogen and oxygen atoms in total. The van der Waals surface area contributed by atoms with Crippen molar-refractivity contribution >= 4 is 23.2 Å². The van der Waals surface area contributed by atoms with E-state index in [9.17, 15) is 0 Å². The summed E-state index contributed by atoms with van der Waals surface area (Å²) in [5.74, 6) is 0. The van der Waals surface area contributed by atoms with Crippen LogP contribution in [0.25, 0.3) is 0 Å². The Morgan fingerprint density at radius 2 is 2.00 bits per heavy atom. The van der Waals surface area contributed by atoms with Crippen molar-refractivity contribution in [3.05, 3.63) is 33.8 Å². The minimum atomic E-state index is 0.377. The van der Waals surface area contributed by atoms with Gasteiger partial charge in [0.1, 0.15) is 0 Å². The Kier molecular flexibility index (Phi) is 2.29. The fourth-order valence-corrected chi connectivity index (χ4v) is 2.49. The van der Waals surface area contributed by atoms with Crippen molar-refractivity contribution in [1.29, 1.82) is 0 Å². The molecule has 0 N–H and O–H groups in total. The van der Waals surface area contributed by atoms with E-state index in [1.807, 2.05) is 12.1 Å². The van der Waals surface area contributed by atoms with Gasteiger partial charge in [-0.1, -0.05) is 36.2 Å². The maximum Gasteiger partial charge on any atom is 0.0458 e. The molecule has 0 bridgehead atoms. The van der Waals surface area contributed by atoms with Crippen LogP contribution in [-0.2, 0) is 5.41 Å². The second-order valence-electron chi connectivity index (χ2n) is 3.76. The molecule has 13 heavy (non-hydrogen) atoms. The normalized spacial score (nSPS) is 18.7. The third kappa shape index (κ3) is 1.58. The average molecular weight is 215 g/mol. The third-order valence-electron chi connectivity index (χ3n) is 3.03. The van der Waals surface area contributed by atoms with Gasteiger partial charge >= 0.3 is 0 Å². The Hall–Kier alpha value is -0.200. The highest BCUT2D eigenvalue weighted by Crippen LogP contribution is 2.53. The van der Waals surface area contributed by atoms with E-state index < -0.39 is 0 Å². The summed E-state index contributed by atoms with van der Waals surface area (Å²) in [5.41, 5.74) is 1.66. The van der Waals surface area contributed by atoms with E-state index in [2.05, 4.69) is 13.0 Å². The highest BCUT2D eigenvalue weighted by molar-refractivity contribution is 6.35. The highest BCUT2D eigenvalue weighted by atomic mass is 35.5. The molecule has 0 amide bonds. The zero-order valence-electron chi connectivity index (χ0n) is 7.61. The number of halogens is 2. The molecule has 0 saturated heterocycles. The van der Waals surface area contributed by atoms with Crippen molar-refractivity contribution in [2.75, 3.05) is 0 Å². The maximum absolute atomic E-state index is 6.15. The first-order valence-corrected chi connectivity index (χ1v) is 5.39. The Morgan fingerprint density at radius 3 is 2.46 bits per heavy atom. The lowest BCUT2D eigenvalue weighted by molar-refractivity contribution is 0.664. The molecule has 0 radical (unpaired) electrons. The first-order valence-electron chi connectivity index (χ1n) is 4.63. The van der Waals surface area contributed by atoms with Crippen LogP contribution in [0.4, 0.5) is 0 Å². The van der Waals surface area contributed by atoms with E-state index in [4.69, 9.17) is 23.2 Å². The van der Waals surface area contributed by atoms with Crippen LogP contribution in [-0.4, -0.2) is 0 Å². The molecule has 1 saturated carbocycles. The monoisotopic (exact) mass is 214 g/mol. The Labute approximate surface area is 88.9 Å². The van der Waals surface area contributed by atoms with Crippen molar-refractivity contribution in [2.24, 2.45) is 0 Å². The van der Waals surface area contributed by atoms with E-state index >= 15 is 0 Å². The Morgan fingerprint density at radius 1 is 1.31 bits per heavy atom. The van der Waals surface area contributed by atoms with Gasteiger partial charge in [-0.25, -0.2) is 0 Å². The van der Waals surface area contributed by atoms with Gasteiger partial charge in [0, 0.05) is 10.0 Å². The van der Waals surface area contributed by atoms with Crippen LogP contribution in [0, 0.1) is 0 Å². The lowest BCUT2D eigenvalue weighted by atomic mass is 9.93. The molecule has 0 unspecified atom stereocenters. The predicted octanol–water partition coefficient (Wildman–Crippen LogP) is 4.44. The smallest absolute Gasteiger partial charge is 0.0458 e. The third-order valence-corrected chi connectivity index (χ3v) is 3.58. The van der Waals surface area contributed by atoms with Crippen molar-refractivity contribution < 1.29 is 0 Å². The molecule has 1 aromatic carbocycles. The fraction of sp³-hybridized carbons (Fsp3) is 0.455. The van der Waals surface area contributed by atoms with Crippen LogP contribution < -0.4 is 0 Å². The topological polar surface area (TPSA) is 0 Å². The minimum absolute atomic E-state index is 0.377. The van der Waals surface area contributed by atoms with Crippen LogP contribution in [0.2, 0.25) is 10.0 Å². The number of hydrogen-bond donors (Lipinski definition) is 0. The summed E-state index contributed by atoms with van der Waals surface area (Å²) < 4.78 is 0. The van der Waals surface area contributed by atoms with Gasteiger partial charge in [0.15, 0.2) is 0 Å². The molecule has 1 aromatic rings. The summed E-state index contributed by atoms with van der Waals surface area (Å²) in [7, 11) is 0. The van der Waals surface area contributed by atoms with Crippen LogP contribution >= 0.6 is 23.2 Å². The highest BCUT2D eigenvalue weighted by Gasteiger charge is 2.43. The summed E-state index contributed by atoms with van der Waals surface area (Å²) in [6, 6.07) is 5.84. The first-order chi connectivity index (χ1) is 6.18. The zero-order valence-corrected chi connectivity index (χ0v) is 9.12. The van der Waals surface area contributed by atoms with E-state index in [1.165, 1.54) is 24.8 Å².